The van der Waals surface area contributed by atoms with E-state index in [1.165, 1.54) is 36.9 Å². The van der Waals surface area contributed by atoms with Gasteiger partial charge in [0, 0.05) is 17.8 Å². The van der Waals surface area contributed by atoms with E-state index in [4.69, 9.17) is 0 Å². The normalized spacial score (nSPS) is 11.0. The van der Waals surface area contributed by atoms with Crippen molar-refractivity contribution in [3.05, 3.63) is 47.3 Å². The summed E-state index contributed by atoms with van der Waals surface area (Å²) in [5, 5.41) is 8.24. The highest BCUT2D eigenvalue weighted by Gasteiger charge is 2.11. The summed E-state index contributed by atoms with van der Waals surface area (Å²) in [6.07, 6.45) is 5.22. The van der Waals surface area contributed by atoms with Gasteiger partial charge in [-0.1, -0.05) is 44.4 Å². The molecule has 21 heavy (non-hydrogen) atoms. The predicted octanol–water partition coefficient (Wildman–Crippen LogP) is 4.16. The van der Waals surface area contributed by atoms with Gasteiger partial charge in [-0.25, -0.2) is 4.68 Å². The van der Waals surface area contributed by atoms with Crippen LogP contribution in [0.3, 0.4) is 0 Å². The molecule has 1 N–H and O–H groups in total. The first kappa shape index (κ1) is 15.8. The van der Waals surface area contributed by atoms with Gasteiger partial charge in [0.2, 0.25) is 0 Å². The Morgan fingerprint density at radius 3 is 2.52 bits per heavy atom. The average molecular weight is 285 g/mol. The lowest BCUT2D eigenvalue weighted by atomic mass is 10.2. The molecule has 1 heterocycles. The van der Waals surface area contributed by atoms with Gasteiger partial charge in [0.05, 0.1) is 11.4 Å². The van der Waals surface area contributed by atoms with Gasteiger partial charge in [0.15, 0.2) is 0 Å². The summed E-state index contributed by atoms with van der Waals surface area (Å²) in [7, 11) is 0. The van der Waals surface area contributed by atoms with E-state index in [2.05, 4.69) is 55.5 Å². The molecule has 2 aromatic rings. The smallest absolute Gasteiger partial charge is 0.0648 e. The molecule has 0 atom stereocenters. The largest absolute Gasteiger partial charge is 0.313 e. The van der Waals surface area contributed by atoms with Crippen LogP contribution in [-0.4, -0.2) is 16.3 Å². The highest BCUT2D eigenvalue weighted by molar-refractivity contribution is 5.36. The summed E-state index contributed by atoms with van der Waals surface area (Å²) < 4.78 is 2.05. The van der Waals surface area contributed by atoms with Crippen molar-refractivity contribution in [2.45, 2.75) is 53.0 Å². The molecular formula is C18H27N3. The molecule has 2 rings (SSSR count). The van der Waals surface area contributed by atoms with Crippen LogP contribution < -0.4 is 5.32 Å². The number of nitrogens with one attached hydrogen (secondary N) is 1. The van der Waals surface area contributed by atoms with Crippen LogP contribution in [0, 0.1) is 13.8 Å². The van der Waals surface area contributed by atoms with E-state index >= 15 is 0 Å². The number of benzene rings is 1. The van der Waals surface area contributed by atoms with Crippen molar-refractivity contribution in [2.75, 3.05) is 6.54 Å². The maximum atomic E-state index is 4.69. The number of hydrogen-bond acceptors (Lipinski definition) is 2. The molecule has 0 bridgehead atoms. The number of unbranched alkanes of at least 4 members (excludes halogenated alkanes) is 3. The molecule has 0 amide bonds. The Bertz CT molecular complexity index is 543. The molecule has 0 aliphatic carbocycles. The molecule has 0 aliphatic rings. The third-order valence-electron chi connectivity index (χ3n) is 3.95. The third-order valence-corrected chi connectivity index (χ3v) is 3.95. The fraction of sp³-hybridized carbons (Fsp3) is 0.500. The van der Waals surface area contributed by atoms with Gasteiger partial charge in [-0.2, -0.15) is 5.10 Å². The van der Waals surface area contributed by atoms with Gasteiger partial charge in [0.1, 0.15) is 0 Å². The molecule has 0 aliphatic heterocycles. The minimum atomic E-state index is 0.913. The van der Waals surface area contributed by atoms with E-state index in [9.17, 15) is 0 Å². The highest BCUT2D eigenvalue weighted by Crippen LogP contribution is 2.17. The number of hydrogen-bond donors (Lipinski definition) is 1. The summed E-state index contributed by atoms with van der Waals surface area (Å²) in [5.74, 6) is 0. The molecule has 0 radical (unpaired) electrons. The Kier molecular flexibility index (Phi) is 6.00. The van der Waals surface area contributed by atoms with Gasteiger partial charge < -0.3 is 5.32 Å². The minimum Gasteiger partial charge on any atom is -0.313 e. The molecule has 0 saturated carbocycles. The van der Waals surface area contributed by atoms with E-state index in [-0.39, 0.29) is 0 Å². The van der Waals surface area contributed by atoms with Crippen molar-refractivity contribution in [2.24, 2.45) is 0 Å². The van der Waals surface area contributed by atoms with Gasteiger partial charge in [0.25, 0.3) is 0 Å². The topological polar surface area (TPSA) is 29.9 Å². The van der Waals surface area contributed by atoms with Crippen LogP contribution in [0.2, 0.25) is 0 Å². The molecule has 0 unspecified atom stereocenters. The standard InChI is InChI=1S/C18H27N3/c1-4-5-6-10-13-19-14-18-15(2)20-21(16(18)3)17-11-8-7-9-12-17/h7-9,11-12,19H,4-6,10,13-14H2,1-3H3. The number of aryl methyl sites for hydroxylation is 1. The molecule has 1 aromatic carbocycles. The van der Waals surface area contributed by atoms with Crippen LogP contribution in [0.5, 0.6) is 0 Å². The molecule has 114 valence electrons. The number of rotatable bonds is 8. The average Bonchev–Trinajstić information content (AvgIpc) is 2.79. The maximum Gasteiger partial charge on any atom is 0.0648 e. The summed E-state index contributed by atoms with van der Waals surface area (Å²) in [6, 6.07) is 10.3. The number of aromatic nitrogens is 2. The zero-order chi connectivity index (χ0) is 15.1. The van der Waals surface area contributed by atoms with Crippen LogP contribution in [0.4, 0.5) is 0 Å². The Balaban J connectivity index is 1.96. The Labute approximate surface area is 128 Å². The summed E-state index contributed by atoms with van der Waals surface area (Å²) in [4.78, 5) is 0. The maximum absolute atomic E-state index is 4.69. The fourth-order valence-electron chi connectivity index (χ4n) is 2.64. The quantitative estimate of drug-likeness (QED) is 0.738. The number of para-hydroxylation sites is 1. The van der Waals surface area contributed by atoms with Crippen molar-refractivity contribution in [1.82, 2.24) is 15.1 Å². The monoisotopic (exact) mass is 285 g/mol. The molecule has 0 spiro atoms. The first-order valence-corrected chi connectivity index (χ1v) is 8.05. The molecule has 3 nitrogen and oxygen atoms in total. The fourth-order valence-corrected chi connectivity index (χ4v) is 2.64. The first-order valence-electron chi connectivity index (χ1n) is 8.05. The molecule has 0 fully saturated rings. The second-order valence-corrected chi connectivity index (χ2v) is 5.63. The van der Waals surface area contributed by atoms with E-state index in [1.54, 1.807) is 0 Å². The number of nitrogens with zero attached hydrogens (tertiary/aromatic N) is 2. The minimum absolute atomic E-state index is 0.913. The summed E-state index contributed by atoms with van der Waals surface area (Å²) in [6.45, 7) is 8.51. The third kappa shape index (κ3) is 4.18. The molecular weight excluding hydrogens is 258 g/mol. The van der Waals surface area contributed by atoms with Crippen LogP contribution in [0.15, 0.2) is 30.3 Å². The van der Waals surface area contributed by atoms with Crippen LogP contribution in [0.25, 0.3) is 5.69 Å². The van der Waals surface area contributed by atoms with Crippen LogP contribution in [0.1, 0.15) is 49.6 Å². The summed E-state index contributed by atoms with van der Waals surface area (Å²) in [5.41, 5.74) is 4.82. The van der Waals surface area contributed by atoms with E-state index in [1.807, 2.05) is 10.7 Å². The van der Waals surface area contributed by atoms with Crippen molar-refractivity contribution in [3.8, 4) is 5.69 Å². The molecule has 0 saturated heterocycles. The molecule has 3 heteroatoms. The van der Waals surface area contributed by atoms with Crippen LogP contribution >= 0.6 is 0 Å². The lowest BCUT2D eigenvalue weighted by Crippen LogP contribution is -2.15. The van der Waals surface area contributed by atoms with Crippen LogP contribution in [-0.2, 0) is 6.54 Å². The lowest BCUT2D eigenvalue weighted by molar-refractivity contribution is 0.596. The lowest BCUT2D eigenvalue weighted by Gasteiger charge is -2.07. The second-order valence-electron chi connectivity index (χ2n) is 5.63. The van der Waals surface area contributed by atoms with Crippen molar-refractivity contribution in [1.29, 1.82) is 0 Å². The Morgan fingerprint density at radius 1 is 1.05 bits per heavy atom. The first-order chi connectivity index (χ1) is 10.2. The van der Waals surface area contributed by atoms with Gasteiger partial charge in [-0.15, -0.1) is 0 Å². The highest BCUT2D eigenvalue weighted by atomic mass is 15.3. The Hall–Kier alpha value is -1.61. The molecule has 1 aromatic heterocycles. The van der Waals surface area contributed by atoms with Crippen molar-refractivity contribution >= 4 is 0 Å². The second kappa shape index (κ2) is 7.99. The van der Waals surface area contributed by atoms with E-state index in [0.29, 0.717) is 0 Å². The summed E-state index contributed by atoms with van der Waals surface area (Å²) >= 11 is 0. The van der Waals surface area contributed by atoms with E-state index in [0.717, 1.165) is 24.5 Å². The SMILES string of the molecule is CCCCCCNCc1c(C)nn(-c2ccccc2)c1C. The van der Waals surface area contributed by atoms with E-state index < -0.39 is 0 Å². The predicted molar refractivity (Wildman–Crippen MR) is 88.9 cm³/mol. The van der Waals surface area contributed by atoms with Crippen molar-refractivity contribution < 1.29 is 0 Å². The van der Waals surface area contributed by atoms with Gasteiger partial charge >= 0.3 is 0 Å². The zero-order valence-electron chi connectivity index (χ0n) is 13.5. The zero-order valence-corrected chi connectivity index (χ0v) is 13.5. The van der Waals surface area contributed by atoms with Gasteiger partial charge in [-0.05, 0) is 38.9 Å². The van der Waals surface area contributed by atoms with Crippen molar-refractivity contribution in [3.63, 3.8) is 0 Å². The Morgan fingerprint density at radius 2 is 1.81 bits per heavy atom. The van der Waals surface area contributed by atoms with Gasteiger partial charge in [-0.3, -0.25) is 0 Å².